The molecule has 0 aromatic heterocycles. The van der Waals surface area contributed by atoms with Crippen LogP contribution in [0.5, 0.6) is 0 Å². The van der Waals surface area contributed by atoms with E-state index in [-0.39, 0.29) is 5.91 Å². The standard InChI is InChI=1S/C13H17IN2O/c1-10-3-4-12(14)11(9-10)13(17)16-7-2-5-15-6-8-16/h3-4,9,15H,2,5-8H2,1H3. The van der Waals surface area contributed by atoms with Crippen molar-refractivity contribution in [1.82, 2.24) is 10.2 Å². The van der Waals surface area contributed by atoms with Gasteiger partial charge in [0.05, 0.1) is 5.56 Å². The molecular weight excluding hydrogens is 327 g/mol. The molecule has 0 unspecified atom stereocenters. The van der Waals surface area contributed by atoms with Crippen LogP contribution in [0.4, 0.5) is 0 Å². The number of amides is 1. The molecule has 1 heterocycles. The van der Waals surface area contributed by atoms with E-state index in [0.29, 0.717) is 0 Å². The maximum absolute atomic E-state index is 12.4. The number of hydrogen-bond donors (Lipinski definition) is 1. The zero-order chi connectivity index (χ0) is 12.3. The summed E-state index contributed by atoms with van der Waals surface area (Å²) >= 11 is 2.23. The molecule has 0 saturated carbocycles. The molecule has 1 N–H and O–H groups in total. The van der Waals surface area contributed by atoms with Crippen LogP contribution in [0.2, 0.25) is 0 Å². The molecule has 1 saturated heterocycles. The minimum atomic E-state index is 0.168. The van der Waals surface area contributed by atoms with Crippen molar-refractivity contribution in [2.24, 2.45) is 0 Å². The Labute approximate surface area is 116 Å². The second kappa shape index (κ2) is 5.82. The van der Waals surface area contributed by atoms with Crippen LogP contribution in [0.3, 0.4) is 0 Å². The Morgan fingerprint density at radius 1 is 1.35 bits per heavy atom. The maximum atomic E-state index is 12.4. The quantitative estimate of drug-likeness (QED) is 0.791. The van der Waals surface area contributed by atoms with Crippen molar-refractivity contribution in [1.29, 1.82) is 0 Å². The lowest BCUT2D eigenvalue weighted by Crippen LogP contribution is -2.34. The molecule has 1 aliphatic heterocycles. The number of benzene rings is 1. The third-order valence-corrected chi connectivity index (χ3v) is 3.92. The highest BCUT2D eigenvalue weighted by atomic mass is 127. The van der Waals surface area contributed by atoms with Crippen molar-refractivity contribution in [3.63, 3.8) is 0 Å². The Balaban J connectivity index is 2.20. The van der Waals surface area contributed by atoms with Crippen molar-refractivity contribution < 1.29 is 4.79 Å². The van der Waals surface area contributed by atoms with Crippen LogP contribution in [-0.4, -0.2) is 37.0 Å². The van der Waals surface area contributed by atoms with Gasteiger partial charge in [-0.25, -0.2) is 0 Å². The van der Waals surface area contributed by atoms with Crippen LogP contribution >= 0.6 is 22.6 Å². The SMILES string of the molecule is Cc1ccc(I)c(C(=O)N2CCCNCC2)c1. The van der Waals surface area contributed by atoms with Gasteiger partial charge in [0.1, 0.15) is 0 Å². The minimum Gasteiger partial charge on any atom is -0.337 e. The average Bonchev–Trinajstić information content (AvgIpc) is 2.60. The maximum Gasteiger partial charge on any atom is 0.254 e. The van der Waals surface area contributed by atoms with Gasteiger partial charge in [-0.05, 0) is 54.6 Å². The van der Waals surface area contributed by atoms with E-state index >= 15 is 0 Å². The summed E-state index contributed by atoms with van der Waals surface area (Å²) in [4.78, 5) is 14.4. The highest BCUT2D eigenvalue weighted by Gasteiger charge is 2.19. The number of halogens is 1. The molecule has 1 aromatic carbocycles. The molecule has 92 valence electrons. The summed E-state index contributed by atoms with van der Waals surface area (Å²) in [5.41, 5.74) is 1.98. The Hall–Kier alpha value is -0.620. The van der Waals surface area contributed by atoms with E-state index in [2.05, 4.69) is 27.9 Å². The summed E-state index contributed by atoms with van der Waals surface area (Å²) in [5.74, 6) is 0.168. The van der Waals surface area contributed by atoms with Gasteiger partial charge in [-0.1, -0.05) is 11.6 Å². The number of carbonyl (C=O) groups excluding carboxylic acids is 1. The van der Waals surface area contributed by atoms with Crippen LogP contribution in [0, 0.1) is 10.5 Å². The van der Waals surface area contributed by atoms with E-state index in [1.807, 2.05) is 30.0 Å². The molecule has 0 aliphatic carbocycles. The molecular formula is C13H17IN2O. The minimum absolute atomic E-state index is 0.168. The van der Waals surface area contributed by atoms with Crippen molar-refractivity contribution in [3.05, 3.63) is 32.9 Å². The lowest BCUT2D eigenvalue weighted by Gasteiger charge is -2.20. The van der Waals surface area contributed by atoms with Gasteiger partial charge in [0, 0.05) is 23.2 Å². The molecule has 0 bridgehead atoms. The van der Waals surface area contributed by atoms with E-state index < -0.39 is 0 Å². The van der Waals surface area contributed by atoms with E-state index in [0.717, 1.165) is 47.3 Å². The number of nitrogens with zero attached hydrogens (tertiary/aromatic N) is 1. The fraction of sp³-hybridized carbons (Fsp3) is 0.462. The fourth-order valence-corrected chi connectivity index (χ4v) is 2.59. The van der Waals surface area contributed by atoms with Crippen molar-refractivity contribution in [3.8, 4) is 0 Å². The zero-order valence-electron chi connectivity index (χ0n) is 10.0. The van der Waals surface area contributed by atoms with Gasteiger partial charge in [0.25, 0.3) is 5.91 Å². The summed E-state index contributed by atoms with van der Waals surface area (Å²) in [5, 5.41) is 3.31. The van der Waals surface area contributed by atoms with Crippen molar-refractivity contribution in [2.45, 2.75) is 13.3 Å². The first-order valence-electron chi connectivity index (χ1n) is 5.94. The highest BCUT2D eigenvalue weighted by molar-refractivity contribution is 14.1. The Bertz CT molecular complexity index is 412. The molecule has 0 radical (unpaired) electrons. The van der Waals surface area contributed by atoms with Crippen LogP contribution in [0.25, 0.3) is 0 Å². The fourth-order valence-electron chi connectivity index (χ4n) is 2.02. The number of aryl methyl sites for hydroxylation is 1. The smallest absolute Gasteiger partial charge is 0.254 e. The number of nitrogens with one attached hydrogen (secondary N) is 1. The molecule has 1 aromatic rings. The van der Waals surface area contributed by atoms with Gasteiger partial charge >= 0.3 is 0 Å². The van der Waals surface area contributed by atoms with Crippen molar-refractivity contribution >= 4 is 28.5 Å². The largest absolute Gasteiger partial charge is 0.337 e. The molecule has 1 aliphatic rings. The predicted octanol–water partition coefficient (Wildman–Crippen LogP) is 2.04. The van der Waals surface area contributed by atoms with E-state index in [1.165, 1.54) is 0 Å². The van der Waals surface area contributed by atoms with Crippen LogP contribution in [-0.2, 0) is 0 Å². The third-order valence-electron chi connectivity index (χ3n) is 2.98. The summed E-state index contributed by atoms with van der Waals surface area (Å²) in [6.45, 7) is 5.60. The Morgan fingerprint density at radius 3 is 3.00 bits per heavy atom. The normalized spacial score (nSPS) is 16.7. The summed E-state index contributed by atoms with van der Waals surface area (Å²) < 4.78 is 1.04. The molecule has 1 fully saturated rings. The Kier molecular flexibility index (Phi) is 4.39. The predicted molar refractivity (Wildman–Crippen MR) is 77.3 cm³/mol. The molecule has 4 heteroatoms. The second-order valence-corrected chi connectivity index (χ2v) is 5.54. The molecule has 0 atom stereocenters. The number of hydrogen-bond acceptors (Lipinski definition) is 2. The van der Waals surface area contributed by atoms with E-state index in [1.54, 1.807) is 0 Å². The van der Waals surface area contributed by atoms with Crippen molar-refractivity contribution in [2.75, 3.05) is 26.2 Å². The summed E-state index contributed by atoms with van der Waals surface area (Å²) in [7, 11) is 0. The van der Waals surface area contributed by atoms with Gasteiger partial charge in [-0.3, -0.25) is 4.79 Å². The summed E-state index contributed by atoms with van der Waals surface area (Å²) in [6.07, 6.45) is 1.04. The Morgan fingerprint density at radius 2 is 2.18 bits per heavy atom. The lowest BCUT2D eigenvalue weighted by molar-refractivity contribution is 0.0765. The lowest BCUT2D eigenvalue weighted by atomic mass is 10.1. The molecule has 2 rings (SSSR count). The first-order chi connectivity index (χ1) is 8.18. The first-order valence-corrected chi connectivity index (χ1v) is 7.02. The van der Waals surface area contributed by atoms with Gasteiger partial charge in [0.15, 0.2) is 0 Å². The highest BCUT2D eigenvalue weighted by Crippen LogP contribution is 2.16. The molecule has 3 nitrogen and oxygen atoms in total. The molecule has 0 spiro atoms. The molecule has 1 amide bonds. The van der Waals surface area contributed by atoms with Crippen LogP contribution < -0.4 is 5.32 Å². The van der Waals surface area contributed by atoms with Crippen LogP contribution in [0.1, 0.15) is 22.3 Å². The van der Waals surface area contributed by atoms with Gasteiger partial charge in [-0.2, -0.15) is 0 Å². The molecule has 17 heavy (non-hydrogen) atoms. The summed E-state index contributed by atoms with van der Waals surface area (Å²) in [6, 6.07) is 6.05. The zero-order valence-corrected chi connectivity index (χ0v) is 12.2. The number of carbonyl (C=O) groups is 1. The second-order valence-electron chi connectivity index (χ2n) is 4.38. The average molecular weight is 344 g/mol. The van der Waals surface area contributed by atoms with E-state index in [9.17, 15) is 4.79 Å². The van der Waals surface area contributed by atoms with Gasteiger partial charge < -0.3 is 10.2 Å². The van der Waals surface area contributed by atoms with E-state index in [4.69, 9.17) is 0 Å². The van der Waals surface area contributed by atoms with Gasteiger partial charge in [0.2, 0.25) is 0 Å². The van der Waals surface area contributed by atoms with Gasteiger partial charge in [-0.15, -0.1) is 0 Å². The number of rotatable bonds is 1. The monoisotopic (exact) mass is 344 g/mol. The third kappa shape index (κ3) is 3.19. The van der Waals surface area contributed by atoms with Crippen LogP contribution in [0.15, 0.2) is 18.2 Å². The first kappa shape index (κ1) is 12.8. The topological polar surface area (TPSA) is 32.3 Å².